The molecule has 0 amide bonds. The molecule has 3 nitrogen and oxygen atoms in total. The zero-order valence-corrected chi connectivity index (χ0v) is 10.2. The van der Waals surface area contributed by atoms with Crippen LogP contribution in [0.4, 0.5) is 0 Å². The SMILES string of the molecule is Br.NCC1CCCc2cc(O)c(O)cc21. The average Bonchev–Trinajstić information content (AvgIpc) is 2.19. The van der Waals surface area contributed by atoms with Crippen molar-refractivity contribution in [2.45, 2.75) is 25.2 Å². The molecule has 4 N–H and O–H groups in total. The van der Waals surface area contributed by atoms with Gasteiger partial charge in [0.2, 0.25) is 0 Å². The third-order valence-electron chi connectivity index (χ3n) is 2.96. The Morgan fingerprint density at radius 2 is 1.93 bits per heavy atom. The van der Waals surface area contributed by atoms with Gasteiger partial charge >= 0.3 is 0 Å². The maximum Gasteiger partial charge on any atom is 0.157 e. The van der Waals surface area contributed by atoms with Crippen LogP contribution in [-0.4, -0.2) is 16.8 Å². The van der Waals surface area contributed by atoms with Gasteiger partial charge in [-0.2, -0.15) is 0 Å². The van der Waals surface area contributed by atoms with Gasteiger partial charge in [0.05, 0.1) is 0 Å². The molecule has 1 aromatic carbocycles. The number of aryl methyl sites for hydroxylation is 1. The van der Waals surface area contributed by atoms with Gasteiger partial charge in [0, 0.05) is 0 Å². The quantitative estimate of drug-likeness (QED) is 0.687. The number of phenols is 2. The second kappa shape index (κ2) is 4.86. The highest BCUT2D eigenvalue weighted by molar-refractivity contribution is 8.93. The Morgan fingerprint density at radius 3 is 2.60 bits per heavy atom. The molecule has 1 aromatic rings. The molecule has 0 radical (unpaired) electrons. The fourth-order valence-electron chi connectivity index (χ4n) is 2.17. The van der Waals surface area contributed by atoms with Gasteiger partial charge in [0.25, 0.3) is 0 Å². The molecule has 0 bridgehead atoms. The fourth-order valence-corrected chi connectivity index (χ4v) is 2.17. The highest BCUT2D eigenvalue weighted by Crippen LogP contribution is 2.37. The summed E-state index contributed by atoms with van der Waals surface area (Å²) in [4.78, 5) is 0. The first kappa shape index (κ1) is 12.3. The summed E-state index contributed by atoms with van der Waals surface area (Å²) in [5, 5.41) is 18.8. The molecule has 0 fully saturated rings. The minimum atomic E-state index is -0.0379. The highest BCUT2D eigenvalue weighted by Gasteiger charge is 2.20. The van der Waals surface area contributed by atoms with Crippen molar-refractivity contribution in [1.82, 2.24) is 0 Å². The van der Waals surface area contributed by atoms with Gasteiger partial charge in [-0.05, 0) is 55.0 Å². The number of rotatable bonds is 1. The van der Waals surface area contributed by atoms with E-state index in [0.717, 1.165) is 30.4 Å². The minimum Gasteiger partial charge on any atom is -0.504 e. The molecular weight excluding hydrogens is 258 g/mol. The number of benzene rings is 1. The average molecular weight is 274 g/mol. The van der Waals surface area contributed by atoms with Crippen LogP contribution in [-0.2, 0) is 6.42 Å². The normalized spacial score (nSPS) is 19.1. The lowest BCUT2D eigenvalue weighted by atomic mass is 9.82. The number of aromatic hydroxyl groups is 2. The molecule has 0 saturated heterocycles. The fraction of sp³-hybridized carbons (Fsp3) is 0.455. The summed E-state index contributed by atoms with van der Waals surface area (Å²) >= 11 is 0. The van der Waals surface area contributed by atoms with Crippen molar-refractivity contribution in [3.05, 3.63) is 23.3 Å². The summed E-state index contributed by atoms with van der Waals surface area (Å²) in [5.74, 6) is 0.274. The van der Waals surface area contributed by atoms with E-state index in [0.29, 0.717) is 12.5 Å². The Labute approximate surface area is 99.7 Å². The summed E-state index contributed by atoms with van der Waals surface area (Å²) in [6.07, 6.45) is 3.16. The zero-order valence-electron chi connectivity index (χ0n) is 8.44. The summed E-state index contributed by atoms with van der Waals surface area (Å²) in [5.41, 5.74) is 7.89. The van der Waals surface area contributed by atoms with E-state index in [4.69, 9.17) is 5.73 Å². The molecule has 0 spiro atoms. The van der Waals surface area contributed by atoms with Gasteiger partial charge in [0.1, 0.15) is 0 Å². The van der Waals surface area contributed by atoms with Crippen LogP contribution < -0.4 is 5.73 Å². The Morgan fingerprint density at radius 1 is 1.27 bits per heavy atom. The first-order chi connectivity index (χ1) is 6.72. The minimum absolute atomic E-state index is 0. The van der Waals surface area contributed by atoms with Crippen molar-refractivity contribution >= 4 is 17.0 Å². The number of halogens is 1. The van der Waals surface area contributed by atoms with Gasteiger partial charge in [-0.25, -0.2) is 0 Å². The van der Waals surface area contributed by atoms with Crippen LogP contribution in [0.5, 0.6) is 11.5 Å². The Kier molecular flexibility index (Phi) is 3.99. The van der Waals surface area contributed by atoms with Crippen LogP contribution in [0.2, 0.25) is 0 Å². The third kappa shape index (κ3) is 2.26. The predicted octanol–water partition coefficient (Wildman–Crippen LogP) is 2.05. The summed E-state index contributed by atoms with van der Waals surface area (Å²) < 4.78 is 0. The van der Waals surface area contributed by atoms with E-state index >= 15 is 0 Å². The molecule has 1 atom stereocenters. The third-order valence-corrected chi connectivity index (χ3v) is 2.96. The van der Waals surface area contributed by atoms with Crippen LogP contribution in [0, 0.1) is 0 Å². The zero-order chi connectivity index (χ0) is 10.1. The molecule has 1 aliphatic carbocycles. The van der Waals surface area contributed by atoms with Crippen LogP contribution >= 0.6 is 17.0 Å². The van der Waals surface area contributed by atoms with E-state index in [1.807, 2.05) is 0 Å². The van der Waals surface area contributed by atoms with Crippen LogP contribution in [0.1, 0.15) is 29.9 Å². The van der Waals surface area contributed by atoms with Crippen molar-refractivity contribution in [2.24, 2.45) is 5.73 Å². The largest absolute Gasteiger partial charge is 0.504 e. The van der Waals surface area contributed by atoms with Crippen LogP contribution in [0.3, 0.4) is 0 Å². The molecule has 1 aliphatic rings. The molecular formula is C11H16BrNO2. The predicted molar refractivity (Wildman–Crippen MR) is 64.8 cm³/mol. The van der Waals surface area contributed by atoms with E-state index in [2.05, 4.69) is 0 Å². The highest BCUT2D eigenvalue weighted by atomic mass is 79.9. The van der Waals surface area contributed by atoms with E-state index in [-0.39, 0.29) is 28.5 Å². The monoisotopic (exact) mass is 273 g/mol. The summed E-state index contributed by atoms with van der Waals surface area (Å²) in [6.45, 7) is 0.608. The molecule has 15 heavy (non-hydrogen) atoms. The first-order valence-electron chi connectivity index (χ1n) is 4.97. The van der Waals surface area contributed by atoms with E-state index in [1.54, 1.807) is 12.1 Å². The van der Waals surface area contributed by atoms with Gasteiger partial charge in [-0.15, -0.1) is 17.0 Å². The lowest BCUT2D eigenvalue weighted by Gasteiger charge is -2.24. The number of phenolic OH excluding ortho intramolecular Hbond substituents is 2. The standard InChI is InChI=1S/C11H15NO2.BrH/c12-6-8-3-1-2-7-4-10(13)11(14)5-9(7)8;/h4-5,8,13-14H,1-3,6,12H2;1H. The first-order valence-corrected chi connectivity index (χ1v) is 4.97. The van der Waals surface area contributed by atoms with Crippen molar-refractivity contribution in [1.29, 1.82) is 0 Å². The molecule has 84 valence electrons. The maximum atomic E-state index is 9.40. The molecule has 4 heteroatoms. The van der Waals surface area contributed by atoms with E-state index in [9.17, 15) is 10.2 Å². The molecule has 2 rings (SSSR count). The second-order valence-electron chi connectivity index (χ2n) is 3.86. The van der Waals surface area contributed by atoms with Crippen molar-refractivity contribution < 1.29 is 10.2 Å². The Balaban J connectivity index is 0.00000112. The van der Waals surface area contributed by atoms with Crippen molar-refractivity contribution in [3.63, 3.8) is 0 Å². The Hall–Kier alpha value is -0.740. The van der Waals surface area contributed by atoms with Crippen molar-refractivity contribution in [2.75, 3.05) is 6.54 Å². The molecule has 0 aliphatic heterocycles. The summed E-state index contributed by atoms with van der Waals surface area (Å²) in [6, 6.07) is 3.31. The second-order valence-corrected chi connectivity index (χ2v) is 3.86. The van der Waals surface area contributed by atoms with Gasteiger partial charge < -0.3 is 15.9 Å². The van der Waals surface area contributed by atoms with E-state index < -0.39 is 0 Å². The lowest BCUT2D eigenvalue weighted by molar-refractivity contribution is 0.400. The number of nitrogens with two attached hydrogens (primary N) is 1. The number of fused-ring (bicyclic) bond motifs is 1. The van der Waals surface area contributed by atoms with Crippen LogP contribution in [0.25, 0.3) is 0 Å². The summed E-state index contributed by atoms with van der Waals surface area (Å²) in [7, 11) is 0. The molecule has 0 saturated carbocycles. The van der Waals surface area contributed by atoms with E-state index in [1.165, 1.54) is 0 Å². The van der Waals surface area contributed by atoms with Crippen LogP contribution in [0.15, 0.2) is 12.1 Å². The lowest BCUT2D eigenvalue weighted by Crippen LogP contribution is -2.18. The van der Waals surface area contributed by atoms with Gasteiger partial charge in [0.15, 0.2) is 11.5 Å². The smallest absolute Gasteiger partial charge is 0.157 e. The molecule has 0 aromatic heterocycles. The Bertz CT molecular complexity index is 355. The number of hydrogen-bond acceptors (Lipinski definition) is 3. The molecule has 0 heterocycles. The molecule has 1 unspecified atom stereocenters. The topological polar surface area (TPSA) is 66.5 Å². The van der Waals surface area contributed by atoms with Gasteiger partial charge in [-0.3, -0.25) is 0 Å². The van der Waals surface area contributed by atoms with Crippen molar-refractivity contribution in [3.8, 4) is 11.5 Å². The number of hydrogen-bond donors (Lipinski definition) is 3. The van der Waals surface area contributed by atoms with Gasteiger partial charge in [-0.1, -0.05) is 0 Å². The maximum absolute atomic E-state index is 9.40.